The molecule has 1 saturated heterocycles. The van der Waals surface area contributed by atoms with Gasteiger partial charge in [-0.15, -0.1) is 0 Å². The summed E-state index contributed by atoms with van der Waals surface area (Å²) in [4.78, 5) is 14.3. The molecule has 242 valence electrons. The van der Waals surface area contributed by atoms with Crippen LogP contribution in [0.5, 0.6) is 0 Å². The average molecular weight is 591 g/mol. The Balaban J connectivity index is 1.24. The van der Waals surface area contributed by atoms with E-state index in [0.29, 0.717) is 54.2 Å². The Hall–Kier alpha value is -0.730. The summed E-state index contributed by atoms with van der Waals surface area (Å²) in [5.41, 5.74) is 0.521. The quantitative estimate of drug-likeness (QED) is 0.250. The van der Waals surface area contributed by atoms with Gasteiger partial charge in [-0.05, 0) is 124 Å². The van der Waals surface area contributed by atoms with Gasteiger partial charge in [0.25, 0.3) is 0 Å². The molecule has 5 aliphatic rings. The number of ether oxygens (including phenoxy) is 2. The van der Waals surface area contributed by atoms with Gasteiger partial charge in [-0.3, -0.25) is 4.79 Å². The number of hydrogen-bond acceptors (Lipinski definition) is 6. The molecule has 0 aromatic carbocycles. The summed E-state index contributed by atoms with van der Waals surface area (Å²) in [5, 5.41) is 23.4. The van der Waals surface area contributed by atoms with E-state index in [-0.39, 0.29) is 18.1 Å². The summed E-state index contributed by atoms with van der Waals surface area (Å²) in [7, 11) is 1.75. The van der Waals surface area contributed by atoms with Crippen molar-refractivity contribution in [2.45, 2.75) is 129 Å². The monoisotopic (exact) mass is 590 g/mol. The van der Waals surface area contributed by atoms with Crippen LogP contribution < -0.4 is 5.32 Å². The van der Waals surface area contributed by atoms with Crippen LogP contribution in [0.15, 0.2) is 0 Å². The molecule has 1 heterocycles. The molecule has 4 saturated carbocycles. The molecule has 0 aromatic heterocycles. The fourth-order valence-corrected chi connectivity index (χ4v) is 11.2. The first kappa shape index (κ1) is 32.7. The van der Waals surface area contributed by atoms with Gasteiger partial charge in [-0.2, -0.15) is 0 Å². The second-order valence-corrected chi connectivity index (χ2v) is 15.5. The molecular formula is C35H62N2O5. The molecule has 5 fully saturated rings. The maximum Gasteiger partial charge on any atom is 0.222 e. The van der Waals surface area contributed by atoms with Gasteiger partial charge < -0.3 is 29.9 Å². The van der Waals surface area contributed by atoms with Crippen LogP contribution in [0.1, 0.15) is 111 Å². The van der Waals surface area contributed by atoms with E-state index in [4.69, 9.17) is 9.47 Å². The van der Waals surface area contributed by atoms with Crippen molar-refractivity contribution in [3.8, 4) is 0 Å². The van der Waals surface area contributed by atoms with Crippen LogP contribution in [0, 0.1) is 46.3 Å². The zero-order valence-electron chi connectivity index (χ0n) is 27.2. The van der Waals surface area contributed by atoms with Gasteiger partial charge in [-0.1, -0.05) is 20.8 Å². The highest BCUT2D eigenvalue weighted by atomic mass is 16.7. The van der Waals surface area contributed by atoms with Crippen LogP contribution in [-0.2, 0) is 14.3 Å². The molecule has 11 atom stereocenters. The smallest absolute Gasteiger partial charge is 0.222 e. The van der Waals surface area contributed by atoms with Crippen LogP contribution in [0.4, 0.5) is 0 Å². The van der Waals surface area contributed by atoms with Crippen molar-refractivity contribution in [3.63, 3.8) is 0 Å². The lowest BCUT2D eigenvalue weighted by Gasteiger charge is -2.63. The van der Waals surface area contributed by atoms with Gasteiger partial charge in [0, 0.05) is 51.2 Å². The molecule has 7 nitrogen and oxygen atoms in total. The van der Waals surface area contributed by atoms with Gasteiger partial charge in [-0.25, -0.2) is 0 Å². The zero-order valence-corrected chi connectivity index (χ0v) is 27.2. The van der Waals surface area contributed by atoms with E-state index >= 15 is 0 Å². The normalized spacial score (nSPS) is 41.6. The topological polar surface area (TPSA) is 91.3 Å². The summed E-state index contributed by atoms with van der Waals surface area (Å²) < 4.78 is 12.2. The fourth-order valence-electron chi connectivity index (χ4n) is 11.2. The number of aliphatic hydroxyl groups excluding tert-OH is 2. The van der Waals surface area contributed by atoms with E-state index in [1.54, 1.807) is 7.11 Å². The molecule has 0 radical (unpaired) electrons. The second-order valence-electron chi connectivity index (χ2n) is 15.5. The van der Waals surface area contributed by atoms with E-state index in [1.807, 2.05) is 0 Å². The Morgan fingerprint density at radius 1 is 1.05 bits per heavy atom. The number of likely N-dealkylation sites (tertiary alicyclic amines) is 1. The molecule has 7 heteroatoms. The van der Waals surface area contributed by atoms with Crippen LogP contribution >= 0.6 is 0 Å². The summed E-state index contributed by atoms with van der Waals surface area (Å²) in [6, 6.07) is 0.576. The van der Waals surface area contributed by atoms with Gasteiger partial charge in [0.1, 0.15) is 6.79 Å². The number of methoxy groups -OCH3 is 1. The number of rotatable bonds is 13. The summed E-state index contributed by atoms with van der Waals surface area (Å²) in [5.74, 6) is 4.43. The summed E-state index contributed by atoms with van der Waals surface area (Å²) in [6.07, 6.45) is 15.3. The number of aliphatic hydroxyl groups is 2. The number of fused-ring (bicyclic) bond motifs is 5. The van der Waals surface area contributed by atoms with Crippen molar-refractivity contribution in [2.75, 3.05) is 40.1 Å². The van der Waals surface area contributed by atoms with E-state index in [2.05, 4.69) is 31.0 Å². The Kier molecular flexibility index (Phi) is 11.0. The van der Waals surface area contributed by atoms with Crippen LogP contribution in [0.2, 0.25) is 0 Å². The third-order valence-electron chi connectivity index (χ3n) is 13.5. The van der Waals surface area contributed by atoms with Crippen molar-refractivity contribution in [3.05, 3.63) is 0 Å². The molecule has 8 unspecified atom stereocenters. The second kappa shape index (κ2) is 14.1. The van der Waals surface area contributed by atoms with Crippen molar-refractivity contribution in [1.29, 1.82) is 0 Å². The molecular weight excluding hydrogens is 528 g/mol. The average Bonchev–Trinajstić information content (AvgIpc) is 3.34. The fraction of sp³-hybridized carbons (Fsp3) is 0.971. The largest absolute Gasteiger partial charge is 0.396 e. The molecule has 5 rings (SSSR count). The minimum absolute atomic E-state index is 0.0605. The third-order valence-corrected chi connectivity index (χ3v) is 13.5. The first-order valence-electron chi connectivity index (χ1n) is 17.6. The van der Waals surface area contributed by atoms with Crippen LogP contribution in [0.25, 0.3) is 0 Å². The number of carbonyl (C=O) groups excluding carboxylic acids is 1. The highest BCUT2D eigenvalue weighted by molar-refractivity contribution is 5.76. The van der Waals surface area contributed by atoms with Crippen LogP contribution in [-0.4, -0.2) is 79.4 Å². The summed E-state index contributed by atoms with van der Waals surface area (Å²) >= 11 is 0. The van der Waals surface area contributed by atoms with Gasteiger partial charge in [0.15, 0.2) is 0 Å². The number of carbonyl (C=O) groups is 1. The molecule has 0 spiro atoms. The van der Waals surface area contributed by atoms with Gasteiger partial charge >= 0.3 is 0 Å². The third kappa shape index (κ3) is 6.47. The predicted octanol–water partition coefficient (Wildman–Crippen LogP) is 5.37. The van der Waals surface area contributed by atoms with E-state index in [0.717, 1.165) is 70.0 Å². The molecule has 1 aliphatic heterocycles. The number of nitrogens with one attached hydrogen (secondary N) is 1. The van der Waals surface area contributed by atoms with Gasteiger partial charge in [0.2, 0.25) is 5.91 Å². The van der Waals surface area contributed by atoms with Crippen LogP contribution in [0.3, 0.4) is 0 Å². The molecule has 4 aliphatic carbocycles. The predicted molar refractivity (Wildman–Crippen MR) is 166 cm³/mol. The molecule has 1 amide bonds. The summed E-state index contributed by atoms with van der Waals surface area (Å²) in [6.45, 7) is 10.7. The Labute approximate surface area is 255 Å². The van der Waals surface area contributed by atoms with Crippen molar-refractivity contribution < 1.29 is 24.5 Å². The highest BCUT2D eigenvalue weighted by Crippen LogP contribution is 2.69. The SMILES string of the molecule is COCO[C@H]1CC2C(CC[C@H]3CC(NCCN4CCCCC4=O)CCC23C)C2CCC([C@H](C)CCC(O)CCO)C21C. The van der Waals surface area contributed by atoms with E-state index in [9.17, 15) is 15.0 Å². The maximum absolute atomic E-state index is 12.2. The first-order valence-corrected chi connectivity index (χ1v) is 17.6. The van der Waals surface area contributed by atoms with Gasteiger partial charge in [0.05, 0.1) is 12.2 Å². The maximum atomic E-state index is 12.2. The first-order chi connectivity index (χ1) is 20.2. The van der Waals surface area contributed by atoms with E-state index in [1.165, 1.54) is 44.9 Å². The minimum Gasteiger partial charge on any atom is -0.396 e. The Bertz CT molecular complexity index is 887. The minimum atomic E-state index is -0.397. The Morgan fingerprint density at radius 2 is 1.88 bits per heavy atom. The molecule has 3 N–H and O–H groups in total. The number of nitrogens with zero attached hydrogens (tertiary/aromatic N) is 1. The highest BCUT2D eigenvalue weighted by Gasteiger charge is 2.64. The lowest BCUT2D eigenvalue weighted by molar-refractivity contribution is -0.209. The molecule has 0 bridgehead atoms. The zero-order chi connectivity index (χ0) is 29.9. The van der Waals surface area contributed by atoms with Crippen molar-refractivity contribution in [2.24, 2.45) is 46.3 Å². The lowest BCUT2D eigenvalue weighted by atomic mass is 9.43. The van der Waals surface area contributed by atoms with Crippen molar-refractivity contribution in [1.82, 2.24) is 10.2 Å². The number of hydrogen-bond donors (Lipinski definition) is 3. The Morgan fingerprint density at radius 3 is 2.64 bits per heavy atom. The standard InChI is InChI=1S/C35H62N2O5/c1-24(8-10-27(39)15-20-38)29-12-13-30-28-11-9-25-21-26(36-17-19-37-18-6-5-7-33(37)40)14-16-34(25,2)31(28)22-32(35(29,30)3)42-23-41-4/h24-32,36,38-39H,5-23H2,1-4H3/t24-,25+,26?,27?,28?,29?,30?,31?,32+,34?,35?/m1/s1. The van der Waals surface area contributed by atoms with Crippen molar-refractivity contribution >= 4 is 5.91 Å². The molecule has 42 heavy (non-hydrogen) atoms. The lowest BCUT2D eigenvalue weighted by Crippen LogP contribution is -2.60. The van der Waals surface area contributed by atoms with E-state index < -0.39 is 6.10 Å². The molecule has 0 aromatic rings. The number of amides is 1. The number of piperidine rings is 1.